The molecule has 0 saturated carbocycles. The fraction of sp³-hybridized carbons (Fsp3) is 0.333. The van der Waals surface area contributed by atoms with Crippen LogP contribution in [0.1, 0.15) is 32.5 Å². The summed E-state index contributed by atoms with van der Waals surface area (Å²) in [4.78, 5) is 1.00. The van der Waals surface area contributed by atoms with E-state index < -0.39 is 0 Å². The lowest BCUT2D eigenvalue weighted by molar-refractivity contribution is 0.408. The van der Waals surface area contributed by atoms with Gasteiger partial charge in [0, 0.05) is 4.88 Å². The summed E-state index contributed by atoms with van der Waals surface area (Å²) in [7, 11) is 1.69. The first-order valence-electron chi connectivity index (χ1n) is 5.98. The van der Waals surface area contributed by atoms with Crippen molar-refractivity contribution in [2.45, 2.75) is 26.1 Å². The molecule has 0 N–H and O–H groups in total. The summed E-state index contributed by atoms with van der Waals surface area (Å²) in [5.41, 5.74) is 4.32. The van der Waals surface area contributed by atoms with Crippen molar-refractivity contribution >= 4 is 34.5 Å². The molecule has 1 heterocycles. The van der Waals surface area contributed by atoms with Crippen LogP contribution in [0.4, 0.5) is 0 Å². The van der Waals surface area contributed by atoms with Crippen molar-refractivity contribution < 1.29 is 4.74 Å². The van der Waals surface area contributed by atoms with Crippen molar-refractivity contribution in [2.24, 2.45) is 0 Å². The van der Waals surface area contributed by atoms with Crippen LogP contribution < -0.4 is 4.74 Å². The molecule has 2 aromatic rings. The van der Waals surface area contributed by atoms with Gasteiger partial charge in [-0.2, -0.15) is 0 Å². The van der Waals surface area contributed by atoms with Gasteiger partial charge in [-0.05, 0) is 48.4 Å². The normalized spacial score (nSPS) is 12.5. The van der Waals surface area contributed by atoms with E-state index in [0.717, 1.165) is 37.9 Å². The van der Waals surface area contributed by atoms with E-state index in [9.17, 15) is 0 Å². The minimum Gasteiger partial charge on any atom is -0.496 e. The molecule has 1 atom stereocenters. The summed E-state index contributed by atoms with van der Waals surface area (Å²) in [5, 5.41) is 2.60. The number of hydrogen-bond donors (Lipinski definition) is 0. The van der Waals surface area contributed by atoms with E-state index in [1.54, 1.807) is 18.4 Å². The third-order valence-electron chi connectivity index (χ3n) is 3.13. The number of benzene rings is 1. The summed E-state index contributed by atoms with van der Waals surface area (Å²) in [6.07, 6.45) is 0. The highest BCUT2D eigenvalue weighted by Crippen LogP contribution is 2.41. The minimum atomic E-state index is -0.213. The van der Waals surface area contributed by atoms with E-state index in [1.807, 2.05) is 26.2 Å². The van der Waals surface area contributed by atoms with Crippen molar-refractivity contribution in [1.29, 1.82) is 0 Å². The lowest BCUT2D eigenvalue weighted by atomic mass is 10.0. The lowest BCUT2D eigenvalue weighted by Gasteiger charge is -2.14. The van der Waals surface area contributed by atoms with Crippen LogP contribution in [-0.2, 0) is 0 Å². The maximum atomic E-state index is 6.57. The molecule has 0 spiro atoms. The molecule has 19 heavy (non-hydrogen) atoms. The molecule has 1 aromatic heterocycles. The number of rotatable bonds is 3. The van der Waals surface area contributed by atoms with Gasteiger partial charge < -0.3 is 4.74 Å². The molecule has 0 amide bonds. The van der Waals surface area contributed by atoms with Gasteiger partial charge in [0.2, 0.25) is 0 Å². The molecule has 0 bridgehead atoms. The van der Waals surface area contributed by atoms with Crippen molar-refractivity contribution in [1.82, 2.24) is 0 Å². The maximum Gasteiger partial charge on any atom is 0.124 e. The van der Waals surface area contributed by atoms with Crippen LogP contribution >= 0.6 is 34.5 Å². The second kappa shape index (κ2) is 5.74. The third kappa shape index (κ3) is 2.76. The number of alkyl halides is 1. The van der Waals surface area contributed by atoms with Crippen LogP contribution in [0.5, 0.6) is 5.75 Å². The molecular weight excluding hydrogens is 299 g/mol. The van der Waals surface area contributed by atoms with Crippen molar-refractivity contribution in [3.63, 3.8) is 0 Å². The zero-order valence-corrected chi connectivity index (χ0v) is 13.7. The number of methoxy groups -OCH3 is 1. The molecule has 2 rings (SSSR count). The zero-order chi connectivity index (χ0) is 14.2. The quantitative estimate of drug-likeness (QED) is 0.664. The highest BCUT2D eigenvalue weighted by Gasteiger charge is 2.19. The molecule has 1 nitrogen and oxygen atoms in total. The van der Waals surface area contributed by atoms with E-state index in [0.29, 0.717) is 0 Å². The summed E-state index contributed by atoms with van der Waals surface area (Å²) in [5.74, 6) is 0.918. The highest BCUT2D eigenvalue weighted by atomic mass is 35.5. The Labute approximate surface area is 128 Å². The molecule has 0 radical (unpaired) electrons. The molecule has 102 valence electrons. The lowest BCUT2D eigenvalue weighted by Crippen LogP contribution is -1.97. The predicted octanol–water partition coefficient (Wildman–Crippen LogP) is 5.66. The van der Waals surface area contributed by atoms with Gasteiger partial charge in [0.1, 0.15) is 5.75 Å². The van der Waals surface area contributed by atoms with E-state index in [-0.39, 0.29) is 5.38 Å². The number of halogens is 2. The smallest absolute Gasteiger partial charge is 0.124 e. The Hall–Kier alpha value is -0.700. The second-order valence-corrected chi connectivity index (χ2v) is 6.37. The average Bonchev–Trinajstić information content (AvgIpc) is 2.69. The number of aryl methyl sites for hydroxylation is 3. The van der Waals surface area contributed by atoms with Gasteiger partial charge in [-0.25, -0.2) is 0 Å². The number of ether oxygens (including phenoxy) is 1. The monoisotopic (exact) mass is 314 g/mol. The Balaban J connectivity index is 2.45. The van der Waals surface area contributed by atoms with Gasteiger partial charge >= 0.3 is 0 Å². The van der Waals surface area contributed by atoms with Gasteiger partial charge in [0.25, 0.3) is 0 Å². The number of hydrogen-bond acceptors (Lipinski definition) is 2. The summed E-state index contributed by atoms with van der Waals surface area (Å²) in [6.45, 7) is 6.05. The maximum absolute atomic E-state index is 6.57. The van der Waals surface area contributed by atoms with Crippen molar-refractivity contribution in [3.05, 3.63) is 49.7 Å². The van der Waals surface area contributed by atoms with E-state index >= 15 is 0 Å². The van der Waals surface area contributed by atoms with Gasteiger partial charge in [-0.15, -0.1) is 22.9 Å². The molecule has 1 aromatic carbocycles. The molecule has 4 heteroatoms. The summed E-state index contributed by atoms with van der Waals surface area (Å²) < 4.78 is 5.38. The Kier molecular flexibility index (Phi) is 4.44. The van der Waals surface area contributed by atoms with Gasteiger partial charge in [-0.3, -0.25) is 0 Å². The van der Waals surface area contributed by atoms with Crippen LogP contribution in [0.25, 0.3) is 0 Å². The van der Waals surface area contributed by atoms with Gasteiger partial charge in [0.15, 0.2) is 0 Å². The Bertz CT molecular complexity index is 581. The first-order chi connectivity index (χ1) is 8.95. The topological polar surface area (TPSA) is 9.23 Å². The van der Waals surface area contributed by atoms with Crippen molar-refractivity contribution in [3.8, 4) is 5.75 Å². The van der Waals surface area contributed by atoms with Gasteiger partial charge in [0.05, 0.1) is 17.5 Å². The Morgan fingerprint density at radius 1 is 1.11 bits per heavy atom. The van der Waals surface area contributed by atoms with Crippen LogP contribution in [0, 0.1) is 20.8 Å². The third-order valence-corrected chi connectivity index (χ3v) is 5.51. The summed E-state index contributed by atoms with van der Waals surface area (Å²) in [6, 6.07) is 4.13. The average molecular weight is 315 g/mol. The van der Waals surface area contributed by atoms with Crippen LogP contribution in [-0.4, -0.2) is 7.11 Å². The SMILES string of the molecule is COc1c(C)cc(C(Cl)c2scc(C)c2Cl)cc1C. The largest absolute Gasteiger partial charge is 0.496 e. The predicted molar refractivity (Wildman–Crippen MR) is 84.2 cm³/mol. The van der Waals surface area contributed by atoms with Crippen LogP contribution in [0.3, 0.4) is 0 Å². The molecule has 0 aliphatic carbocycles. The fourth-order valence-electron chi connectivity index (χ4n) is 2.22. The first kappa shape index (κ1) is 14.7. The van der Waals surface area contributed by atoms with Crippen molar-refractivity contribution in [2.75, 3.05) is 7.11 Å². The zero-order valence-electron chi connectivity index (χ0n) is 11.4. The molecule has 0 saturated heterocycles. The van der Waals surface area contributed by atoms with E-state index in [1.165, 1.54) is 0 Å². The number of thiophene rings is 1. The van der Waals surface area contributed by atoms with E-state index in [4.69, 9.17) is 27.9 Å². The van der Waals surface area contributed by atoms with E-state index in [2.05, 4.69) is 12.1 Å². The molecule has 0 aliphatic rings. The standard InChI is InChI=1S/C15H16Cl2OS/c1-8-5-11(6-9(2)14(8)18-4)13(17)15-12(16)10(3)7-19-15/h5-7,13H,1-4H3. The summed E-state index contributed by atoms with van der Waals surface area (Å²) >= 11 is 14.5. The van der Waals surface area contributed by atoms with Crippen LogP contribution in [0.15, 0.2) is 17.5 Å². The van der Waals surface area contributed by atoms with Gasteiger partial charge in [-0.1, -0.05) is 23.7 Å². The fourth-order valence-corrected chi connectivity index (χ4v) is 3.97. The Morgan fingerprint density at radius 2 is 1.68 bits per heavy atom. The Morgan fingerprint density at radius 3 is 2.11 bits per heavy atom. The molecule has 0 fully saturated rings. The molecule has 0 aliphatic heterocycles. The highest BCUT2D eigenvalue weighted by molar-refractivity contribution is 7.11. The second-order valence-electron chi connectivity index (χ2n) is 4.65. The minimum absolute atomic E-state index is 0.213. The molecular formula is C15H16Cl2OS. The molecule has 1 unspecified atom stereocenters. The van der Waals surface area contributed by atoms with Crippen LogP contribution in [0.2, 0.25) is 5.02 Å². The first-order valence-corrected chi connectivity index (χ1v) is 7.67.